The first-order valence-corrected chi connectivity index (χ1v) is 8.37. The molecule has 24 heavy (non-hydrogen) atoms. The number of aromatic nitrogens is 1. The molecule has 1 heterocycles. The van der Waals surface area contributed by atoms with Crippen molar-refractivity contribution in [1.29, 1.82) is 0 Å². The Labute approximate surface area is 147 Å². The zero-order valence-corrected chi connectivity index (χ0v) is 15.0. The van der Waals surface area contributed by atoms with Gasteiger partial charge in [0.25, 0.3) is 0 Å². The summed E-state index contributed by atoms with van der Waals surface area (Å²) in [7, 11) is 1.73. The molecule has 1 atom stereocenters. The second kappa shape index (κ2) is 6.65. The molecule has 0 aliphatic heterocycles. The fraction of sp³-hybridized carbons (Fsp3) is 0.222. The summed E-state index contributed by atoms with van der Waals surface area (Å²) in [4.78, 5) is 26.5. The second-order valence-electron chi connectivity index (χ2n) is 5.67. The first kappa shape index (κ1) is 16.5. The van der Waals surface area contributed by atoms with Gasteiger partial charge in [-0.05, 0) is 30.7 Å². The van der Waals surface area contributed by atoms with Gasteiger partial charge in [0.1, 0.15) is 6.04 Å². The van der Waals surface area contributed by atoms with Gasteiger partial charge in [0.15, 0.2) is 5.58 Å². The Morgan fingerprint density at radius 1 is 1.21 bits per heavy atom. The lowest BCUT2D eigenvalue weighted by Gasteiger charge is -2.22. The molecule has 1 aromatic heterocycles. The Kier molecular flexibility index (Phi) is 4.57. The third-order valence-corrected chi connectivity index (χ3v) is 4.78. The van der Waals surface area contributed by atoms with Gasteiger partial charge in [-0.2, -0.15) is 0 Å². The van der Waals surface area contributed by atoms with Crippen LogP contribution < -0.4 is 5.76 Å². The standard InChI is InChI=1S/C18H17BrN2O3/c1-12(21-15-9-5-6-10-16(15)24-18(21)23)17(22)20(2)11-13-7-3-4-8-14(13)19/h3-10,12H,11H2,1-2H3/t12-/m1/s1. The van der Waals surface area contributed by atoms with E-state index in [4.69, 9.17) is 4.42 Å². The number of fused-ring (bicyclic) bond motifs is 1. The van der Waals surface area contributed by atoms with E-state index in [9.17, 15) is 9.59 Å². The smallest absolute Gasteiger partial charge is 0.408 e. The Morgan fingerprint density at radius 3 is 2.62 bits per heavy atom. The van der Waals surface area contributed by atoms with Gasteiger partial charge in [-0.1, -0.05) is 46.3 Å². The normalized spacial score (nSPS) is 12.3. The predicted molar refractivity (Wildman–Crippen MR) is 95.8 cm³/mol. The fourth-order valence-corrected chi connectivity index (χ4v) is 3.15. The third kappa shape index (κ3) is 3.01. The van der Waals surface area contributed by atoms with E-state index in [2.05, 4.69) is 15.9 Å². The van der Waals surface area contributed by atoms with Crippen LogP contribution in [0, 0.1) is 0 Å². The number of para-hydroxylation sites is 2. The molecule has 6 heteroatoms. The van der Waals surface area contributed by atoms with E-state index in [1.165, 1.54) is 4.57 Å². The lowest BCUT2D eigenvalue weighted by atomic mass is 10.2. The zero-order valence-electron chi connectivity index (χ0n) is 13.4. The molecule has 124 valence electrons. The van der Waals surface area contributed by atoms with Gasteiger partial charge < -0.3 is 9.32 Å². The van der Waals surface area contributed by atoms with Crippen molar-refractivity contribution < 1.29 is 9.21 Å². The Morgan fingerprint density at radius 2 is 1.88 bits per heavy atom. The highest BCUT2D eigenvalue weighted by molar-refractivity contribution is 9.10. The lowest BCUT2D eigenvalue weighted by molar-refractivity contribution is -0.133. The molecule has 3 aromatic rings. The maximum Gasteiger partial charge on any atom is 0.420 e. The van der Waals surface area contributed by atoms with Crippen molar-refractivity contribution in [3.8, 4) is 0 Å². The van der Waals surface area contributed by atoms with Gasteiger partial charge in [-0.25, -0.2) is 4.79 Å². The van der Waals surface area contributed by atoms with Gasteiger partial charge in [-0.3, -0.25) is 9.36 Å². The molecule has 0 aliphatic carbocycles. The number of likely N-dealkylation sites (N-methyl/N-ethyl adjacent to an activating group) is 1. The molecule has 2 aromatic carbocycles. The number of benzene rings is 2. The molecule has 0 radical (unpaired) electrons. The van der Waals surface area contributed by atoms with Crippen LogP contribution in [0.25, 0.3) is 11.1 Å². The van der Waals surface area contributed by atoms with Crippen LogP contribution in [-0.2, 0) is 11.3 Å². The van der Waals surface area contributed by atoms with Crippen LogP contribution in [0.5, 0.6) is 0 Å². The molecule has 0 saturated carbocycles. The number of carbonyl (C=O) groups is 1. The average molecular weight is 389 g/mol. The Bertz CT molecular complexity index is 945. The van der Waals surface area contributed by atoms with Crippen LogP contribution >= 0.6 is 15.9 Å². The molecule has 0 N–H and O–H groups in total. The number of carbonyl (C=O) groups excluding carboxylic acids is 1. The fourth-order valence-electron chi connectivity index (χ4n) is 2.74. The van der Waals surface area contributed by atoms with Crippen molar-refractivity contribution in [3.05, 3.63) is 69.1 Å². The minimum Gasteiger partial charge on any atom is -0.408 e. The second-order valence-corrected chi connectivity index (χ2v) is 6.52. The number of nitrogens with zero attached hydrogens (tertiary/aromatic N) is 2. The van der Waals surface area contributed by atoms with E-state index in [1.807, 2.05) is 30.3 Å². The number of hydrogen-bond acceptors (Lipinski definition) is 3. The number of amides is 1. The average Bonchev–Trinajstić information content (AvgIpc) is 2.91. The van der Waals surface area contributed by atoms with Crippen molar-refractivity contribution >= 4 is 32.9 Å². The minimum absolute atomic E-state index is 0.153. The monoisotopic (exact) mass is 388 g/mol. The quantitative estimate of drug-likeness (QED) is 0.686. The first-order chi connectivity index (χ1) is 11.5. The van der Waals surface area contributed by atoms with E-state index < -0.39 is 11.8 Å². The lowest BCUT2D eigenvalue weighted by Crippen LogP contribution is -2.35. The maximum atomic E-state index is 12.8. The summed E-state index contributed by atoms with van der Waals surface area (Å²) in [5.41, 5.74) is 2.11. The highest BCUT2D eigenvalue weighted by Crippen LogP contribution is 2.21. The summed E-state index contributed by atoms with van der Waals surface area (Å²) in [6.07, 6.45) is 0. The van der Waals surface area contributed by atoms with Gasteiger partial charge in [0.2, 0.25) is 5.91 Å². The van der Waals surface area contributed by atoms with Crippen molar-refractivity contribution in [2.75, 3.05) is 7.05 Å². The Hall–Kier alpha value is -2.34. The highest BCUT2D eigenvalue weighted by Gasteiger charge is 2.24. The van der Waals surface area contributed by atoms with Gasteiger partial charge >= 0.3 is 5.76 Å². The molecule has 0 spiro atoms. The summed E-state index contributed by atoms with van der Waals surface area (Å²) in [6, 6.07) is 14.2. The first-order valence-electron chi connectivity index (χ1n) is 7.57. The molecule has 0 bridgehead atoms. The van der Waals surface area contributed by atoms with Gasteiger partial charge in [0, 0.05) is 18.1 Å². The SMILES string of the molecule is C[C@H](C(=O)N(C)Cc1ccccc1Br)n1c(=O)oc2ccccc21. The number of oxazole rings is 1. The molecule has 0 saturated heterocycles. The molecule has 3 rings (SSSR count). The van der Waals surface area contributed by atoms with Crippen molar-refractivity contribution in [1.82, 2.24) is 9.47 Å². The maximum absolute atomic E-state index is 12.8. The van der Waals surface area contributed by atoms with Crippen LogP contribution in [-0.4, -0.2) is 22.4 Å². The summed E-state index contributed by atoms with van der Waals surface area (Å²) >= 11 is 3.49. The van der Waals surface area contributed by atoms with Gasteiger partial charge in [-0.15, -0.1) is 0 Å². The molecular weight excluding hydrogens is 372 g/mol. The molecule has 0 aliphatic rings. The van der Waals surface area contributed by atoms with Crippen molar-refractivity contribution in [3.63, 3.8) is 0 Å². The topological polar surface area (TPSA) is 55.5 Å². The predicted octanol–water partition coefficient (Wildman–Crippen LogP) is 3.58. The number of halogens is 1. The number of hydrogen-bond donors (Lipinski definition) is 0. The Balaban J connectivity index is 1.87. The van der Waals surface area contributed by atoms with Crippen LogP contribution in [0.15, 0.2) is 62.2 Å². The summed E-state index contributed by atoms with van der Waals surface area (Å²) in [5.74, 6) is -0.675. The zero-order chi connectivity index (χ0) is 17.3. The summed E-state index contributed by atoms with van der Waals surface area (Å²) < 4.78 is 7.56. The molecular formula is C18H17BrN2O3. The molecule has 0 unspecified atom stereocenters. The molecule has 1 amide bonds. The largest absolute Gasteiger partial charge is 0.420 e. The minimum atomic E-state index is -0.645. The van der Waals surface area contributed by atoms with E-state index in [-0.39, 0.29) is 5.91 Å². The van der Waals surface area contributed by atoms with Crippen LogP contribution in [0.3, 0.4) is 0 Å². The van der Waals surface area contributed by atoms with E-state index in [0.29, 0.717) is 17.6 Å². The van der Waals surface area contributed by atoms with Crippen LogP contribution in [0.2, 0.25) is 0 Å². The summed E-state index contributed by atoms with van der Waals surface area (Å²) in [5, 5.41) is 0. The van der Waals surface area contributed by atoms with Crippen LogP contribution in [0.1, 0.15) is 18.5 Å². The van der Waals surface area contributed by atoms with Crippen LogP contribution in [0.4, 0.5) is 0 Å². The summed E-state index contributed by atoms with van der Waals surface area (Å²) in [6.45, 7) is 2.16. The van der Waals surface area contributed by atoms with E-state index in [1.54, 1.807) is 37.1 Å². The van der Waals surface area contributed by atoms with Crippen molar-refractivity contribution in [2.24, 2.45) is 0 Å². The van der Waals surface area contributed by atoms with Crippen molar-refractivity contribution in [2.45, 2.75) is 19.5 Å². The third-order valence-electron chi connectivity index (χ3n) is 4.01. The molecule has 0 fully saturated rings. The van der Waals surface area contributed by atoms with Gasteiger partial charge in [0.05, 0.1) is 5.52 Å². The van der Waals surface area contributed by atoms with E-state index in [0.717, 1.165) is 10.0 Å². The highest BCUT2D eigenvalue weighted by atomic mass is 79.9. The number of rotatable bonds is 4. The van der Waals surface area contributed by atoms with E-state index >= 15 is 0 Å². The molecule has 5 nitrogen and oxygen atoms in total.